The molecule has 1 rings (SSSR count). The summed E-state index contributed by atoms with van der Waals surface area (Å²) in [7, 11) is 1.53. The highest BCUT2D eigenvalue weighted by Gasteiger charge is 2.21. The molecule has 1 aromatic carbocycles. The summed E-state index contributed by atoms with van der Waals surface area (Å²) in [5.74, 6) is 1.95. The summed E-state index contributed by atoms with van der Waals surface area (Å²) in [4.78, 5) is 11.2. The van der Waals surface area contributed by atoms with Crippen molar-refractivity contribution in [3.05, 3.63) is 28.2 Å². The van der Waals surface area contributed by atoms with Crippen molar-refractivity contribution in [2.24, 2.45) is 0 Å². The van der Waals surface area contributed by atoms with Crippen LogP contribution in [0.5, 0.6) is 5.75 Å². The zero-order chi connectivity index (χ0) is 12.8. The molecule has 0 bridgehead atoms. The normalized spacial score (nSPS) is 11.6. The van der Waals surface area contributed by atoms with Crippen LogP contribution in [0.15, 0.2) is 22.7 Å². The Labute approximate surface area is 108 Å². The number of methoxy groups -OCH3 is 1. The summed E-state index contributed by atoms with van der Waals surface area (Å²) in [6.45, 7) is 0.181. The second-order valence-corrected chi connectivity index (χ2v) is 4.10. The van der Waals surface area contributed by atoms with Gasteiger partial charge in [-0.05, 0) is 23.8 Å². The number of benzene rings is 1. The molecule has 0 aliphatic carbocycles. The molecule has 0 aromatic heterocycles. The van der Waals surface area contributed by atoms with Gasteiger partial charge in [-0.25, -0.2) is 0 Å². The molecule has 4 nitrogen and oxygen atoms in total. The van der Waals surface area contributed by atoms with Crippen molar-refractivity contribution in [1.29, 1.82) is 0 Å². The number of terminal acetylenes is 1. The Morgan fingerprint density at radius 1 is 1.71 bits per heavy atom. The van der Waals surface area contributed by atoms with E-state index in [1.165, 1.54) is 7.11 Å². The maximum absolute atomic E-state index is 11.2. The van der Waals surface area contributed by atoms with Crippen molar-refractivity contribution in [1.82, 2.24) is 5.32 Å². The van der Waals surface area contributed by atoms with Crippen molar-refractivity contribution < 1.29 is 14.6 Å². The molecule has 1 aromatic rings. The molecule has 0 aliphatic rings. The van der Waals surface area contributed by atoms with Gasteiger partial charge in [0.25, 0.3) is 0 Å². The molecule has 5 heteroatoms. The predicted molar refractivity (Wildman–Crippen MR) is 67.9 cm³/mol. The van der Waals surface area contributed by atoms with E-state index in [0.717, 1.165) is 0 Å². The largest absolute Gasteiger partial charge is 0.497 e. The van der Waals surface area contributed by atoms with Gasteiger partial charge in [-0.2, -0.15) is 0 Å². The highest BCUT2D eigenvalue weighted by molar-refractivity contribution is 9.10. The van der Waals surface area contributed by atoms with Gasteiger partial charge in [0, 0.05) is 4.47 Å². The van der Waals surface area contributed by atoms with E-state index < -0.39 is 12.0 Å². The number of carboxylic acids is 1. The van der Waals surface area contributed by atoms with E-state index in [1.807, 2.05) is 0 Å². The molecule has 0 aliphatic heterocycles. The average molecular weight is 298 g/mol. The van der Waals surface area contributed by atoms with Gasteiger partial charge in [0.1, 0.15) is 11.8 Å². The first kappa shape index (κ1) is 13.6. The summed E-state index contributed by atoms with van der Waals surface area (Å²) in [5.41, 5.74) is 0.576. The van der Waals surface area contributed by atoms with Crippen molar-refractivity contribution >= 4 is 21.9 Å². The minimum absolute atomic E-state index is 0.181. The summed E-state index contributed by atoms with van der Waals surface area (Å²) in [6, 6.07) is 4.28. The van der Waals surface area contributed by atoms with Crippen LogP contribution < -0.4 is 10.1 Å². The topological polar surface area (TPSA) is 58.6 Å². The molecule has 0 radical (unpaired) electrons. The van der Waals surface area contributed by atoms with Gasteiger partial charge in [0.2, 0.25) is 0 Å². The molecule has 17 heavy (non-hydrogen) atoms. The molecule has 0 heterocycles. The number of hydrogen-bond acceptors (Lipinski definition) is 3. The number of carboxylic acid groups (broad SMARTS) is 1. The van der Waals surface area contributed by atoms with Gasteiger partial charge in [-0.15, -0.1) is 6.42 Å². The lowest BCUT2D eigenvalue weighted by Crippen LogP contribution is -2.29. The van der Waals surface area contributed by atoms with E-state index in [-0.39, 0.29) is 6.54 Å². The maximum atomic E-state index is 11.2. The van der Waals surface area contributed by atoms with Gasteiger partial charge in [0.15, 0.2) is 0 Å². The van der Waals surface area contributed by atoms with Gasteiger partial charge < -0.3 is 9.84 Å². The number of rotatable bonds is 5. The fraction of sp³-hybridized carbons (Fsp3) is 0.250. The molecular formula is C12H12BrNO3. The Morgan fingerprint density at radius 2 is 2.41 bits per heavy atom. The second kappa shape index (κ2) is 6.28. The smallest absolute Gasteiger partial charge is 0.325 e. The van der Waals surface area contributed by atoms with Crippen molar-refractivity contribution in [2.45, 2.75) is 6.04 Å². The molecule has 2 N–H and O–H groups in total. The van der Waals surface area contributed by atoms with Gasteiger partial charge in [-0.3, -0.25) is 10.1 Å². The van der Waals surface area contributed by atoms with Gasteiger partial charge >= 0.3 is 5.97 Å². The maximum Gasteiger partial charge on any atom is 0.325 e. The SMILES string of the molecule is C#CCNC(C(=O)O)c1cc(OC)ccc1Br. The van der Waals surface area contributed by atoms with Crippen LogP contribution in [-0.4, -0.2) is 24.7 Å². The third kappa shape index (κ3) is 3.48. The first-order chi connectivity index (χ1) is 8.10. The Balaban J connectivity index is 3.08. The van der Waals surface area contributed by atoms with E-state index in [1.54, 1.807) is 18.2 Å². The molecule has 1 atom stereocenters. The molecule has 0 fully saturated rings. The Hall–Kier alpha value is -1.51. The van der Waals surface area contributed by atoms with Crippen LogP contribution in [0.2, 0.25) is 0 Å². The Morgan fingerprint density at radius 3 is 2.94 bits per heavy atom. The van der Waals surface area contributed by atoms with Crippen LogP contribution in [0, 0.1) is 12.3 Å². The van der Waals surface area contributed by atoms with Gasteiger partial charge in [-0.1, -0.05) is 21.9 Å². The molecular weight excluding hydrogens is 286 g/mol. The number of nitrogens with one attached hydrogen (secondary N) is 1. The zero-order valence-electron chi connectivity index (χ0n) is 9.24. The number of aliphatic carboxylic acids is 1. The fourth-order valence-electron chi connectivity index (χ4n) is 1.36. The standard InChI is InChI=1S/C12H12BrNO3/c1-3-6-14-11(12(15)16)9-7-8(17-2)4-5-10(9)13/h1,4-5,7,11,14H,6H2,2H3,(H,15,16). The van der Waals surface area contributed by atoms with E-state index in [2.05, 4.69) is 27.2 Å². The third-order valence-corrected chi connectivity index (χ3v) is 2.89. The zero-order valence-corrected chi connectivity index (χ0v) is 10.8. The monoisotopic (exact) mass is 297 g/mol. The third-order valence-electron chi connectivity index (χ3n) is 2.17. The van der Waals surface area contributed by atoms with E-state index in [0.29, 0.717) is 15.8 Å². The first-order valence-corrected chi connectivity index (χ1v) is 5.62. The minimum Gasteiger partial charge on any atom is -0.497 e. The molecule has 1 unspecified atom stereocenters. The van der Waals surface area contributed by atoms with E-state index in [9.17, 15) is 4.79 Å². The predicted octanol–water partition coefficient (Wildman–Crippen LogP) is 1.81. The highest BCUT2D eigenvalue weighted by atomic mass is 79.9. The van der Waals surface area contributed by atoms with Crippen LogP contribution in [0.3, 0.4) is 0 Å². The van der Waals surface area contributed by atoms with Crippen molar-refractivity contribution in [2.75, 3.05) is 13.7 Å². The fourth-order valence-corrected chi connectivity index (χ4v) is 1.84. The Bertz CT molecular complexity index is 454. The second-order valence-electron chi connectivity index (χ2n) is 3.24. The average Bonchev–Trinajstić information content (AvgIpc) is 2.31. The summed E-state index contributed by atoms with van der Waals surface area (Å²) >= 11 is 3.31. The van der Waals surface area contributed by atoms with Crippen LogP contribution >= 0.6 is 15.9 Å². The van der Waals surface area contributed by atoms with Crippen molar-refractivity contribution in [3.8, 4) is 18.1 Å². The molecule has 0 spiro atoms. The summed E-state index contributed by atoms with van der Waals surface area (Å²) < 4.78 is 5.75. The summed E-state index contributed by atoms with van der Waals surface area (Å²) in [6.07, 6.45) is 5.11. The van der Waals surface area contributed by atoms with Crippen LogP contribution in [0.4, 0.5) is 0 Å². The Kier molecular flexibility index (Phi) is 5.01. The number of carbonyl (C=O) groups is 1. The highest BCUT2D eigenvalue weighted by Crippen LogP contribution is 2.27. The molecule has 90 valence electrons. The number of hydrogen-bond donors (Lipinski definition) is 2. The van der Waals surface area contributed by atoms with Crippen LogP contribution in [0.1, 0.15) is 11.6 Å². The van der Waals surface area contributed by atoms with Crippen LogP contribution in [0.25, 0.3) is 0 Å². The lowest BCUT2D eigenvalue weighted by molar-refractivity contribution is -0.139. The lowest BCUT2D eigenvalue weighted by atomic mass is 10.1. The summed E-state index contributed by atoms with van der Waals surface area (Å²) in [5, 5.41) is 11.9. The lowest BCUT2D eigenvalue weighted by Gasteiger charge is -2.15. The molecule has 0 saturated carbocycles. The van der Waals surface area contributed by atoms with Gasteiger partial charge in [0.05, 0.1) is 13.7 Å². The van der Waals surface area contributed by atoms with Crippen molar-refractivity contribution in [3.63, 3.8) is 0 Å². The van der Waals surface area contributed by atoms with Crippen LogP contribution in [-0.2, 0) is 4.79 Å². The quantitative estimate of drug-likeness (QED) is 0.814. The van der Waals surface area contributed by atoms with E-state index in [4.69, 9.17) is 16.3 Å². The molecule has 0 amide bonds. The van der Waals surface area contributed by atoms with E-state index >= 15 is 0 Å². The minimum atomic E-state index is -0.991. The molecule has 0 saturated heterocycles. The number of halogens is 1. The first-order valence-electron chi connectivity index (χ1n) is 4.83. The number of ether oxygens (including phenoxy) is 1.